The van der Waals surface area contributed by atoms with E-state index in [2.05, 4.69) is 28.7 Å². The predicted molar refractivity (Wildman–Crippen MR) is 147 cm³/mol. The fourth-order valence-electron chi connectivity index (χ4n) is 4.90. The summed E-state index contributed by atoms with van der Waals surface area (Å²) in [6, 6.07) is 22.4. The minimum atomic E-state index is -3.76. The van der Waals surface area contributed by atoms with Gasteiger partial charge in [-0.05, 0) is 67.1 Å². The van der Waals surface area contributed by atoms with Crippen LogP contribution in [-0.2, 0) is 16.6 Å². The monoisotopic (exact) mass is 521 g/mol. The number of hydrogen-bond donors (Lipinski definition) is 1. The lowest BCUT2D eigenvalue weighted by molar-refractivity contribution is 0.447. The number of sulfonamides is 1. The number of rotatable bonds is 7. The van der Waals surface area contributed by atoms with Crippen LogP contribution in [0, 0.1) is 5.92 Å². The molecule has 2 heterocycles. The molecule has 1 aliphatic heterocycles. The van der Waals surface area contributed by atoms with E-state index >= 15 is 0 Å². The first-order valence-corrected chi connectivity index (χ1v) is 14.6. The van der Waals surface area contributed by atoms with E-state index in [4.69, 9.17) is 0 Å². The van der Waals surface area contributed by atoms with Crippen LogP contribution < -0.4 is 14.5 Å². The highest BCUT2D eigenvalue weighted by Gasteiger charge is 2.21. The quantitative estimate of drug-likeness (QED) is 0.354. The average molecular weight is 522 g/mol. The number of nitrogens with one attached hydrogen (secondary N) is 1. The molecule has 4 aromatic rings. The Bertz CT molecular complexity index is 1510. The summed E-state index contributed by atoms with van der Waals surface area (Å²) in [6.45, 7) is 6.71. The molecule has 2 atom stereocenters. The molecule has 3 aromatic carbocycles. The summed E-state index contributed by atoms with van der Waals surface area (Å²) < 4.78 is 31.5. The van der Waals surface area contributed by atoms with Crippen molar-refractivity contribution in [3.63, 3.8) is 0 Å². The van der Waals surface area contributed by atoms with E-state index in [0.717, 1.165) is 41.1 Å². The molecule has 1 saturated heterocycles. The van der Waals surface area contributed by atoms with Crippen molar-refractivity contribution < 1.29 is 8.42 Å². The molecule has 6 nitrogen and oxygen atoms in total. The van der Waals surface area contributed by atoms with E-state index in [1.807, 2.05) is 49.4 Å². The fraction of sp³-hybridized carbons (Fsp3) is 0.321. The normalized spacial score (nSPS) is 17.4. The second-order valence-electron chi connectivity index (χ2n) is 9.70. The van der Waals surface area contributed by atoms with Gasteiger partial charge in [-0.3, -0.25) is 9.36 Å². The summed E-state index contributed by atoms with van der Waals surface area (Å²) in [5, 5.41) is 0. The maximum Gasteiger partial charge on any atom is 0.308 e. The number of fused-ring (bicyclic) bond motifs is 1. The molecule has 36 heavy (non-hydrogen) atoms. The standard InChI is InChI=1S/C28H31N3O3S2/c1-20-7-6-16-30(18-20)24-12-10-23(11-13-24)21(2)29-36(33,34)25-14-15-26-27(17-25)35-28(32)31(26)19-22-8-4-3-5-9-22/h3-5,8-15,17,20-21,29H,6-7,16,18-19H2,1-2H3/t20-,21-/m1/s1. The second-order valence-corrected chi connectivity index (χ2v) is 12.4. The van der Waals surface area contributed by atoms with Crippen LogP contribution in [-0.4, -0.2) is 26.1 Å². The minimum Gasteiger partial charge on any atom is -0.371 e. The lowest BCUT2D eigenvalue weighted by Gasteiger charge is -2.33. The highest BCUT2D eigenvalue weighted by molar-refractivity contribution is 7.89. The summed E-state index contributed by atoms with van der Waals surface area (Å²) in [5.74, 6) is 0.690. The second kappa shape index (κ2) is 10.2. The lowest BCUT2D eigenvalue weighted by atomic mass is 9.99. The van der Waals surface area contributed by atoms with Gasteiger partial charge in [0, 0.05) is 24.8 Å². The van der Waals surface area contributed by atoms with Crippen molar-refractivity contribution >= 4 is 37.3 Å². The van der Waals surface area contributed by atoms with Crippen LogP contribution in [0.15, 0.2) is 82.5 Å². The van der Waals surface area contributed by atoms with E-state index in [1.165, 1.54) is 18.5 Å². The number of anilines is 1. The molecule has 0 spiro atoms. The topological polar surface area (TPSA) is 71.4 Å². The zero-order valence-electron chi connectivity index (χ0n) is 20.6. The van der Waals surface area contributed by atoms with Crippen LogP contribution in [0.5, 0.6) is 0 Å². The van der Waals surface area contributed by atoms with E-state index in [-0.39, 0.29) is 15.8 Å². The molecule has 1 fully saturated rings. The summed E-state index contributed by atoms with van der Waals surface area (Å²) >= 11 is 1.07. The Morgan fingerprint density at radius 2 is 1.81 bits per heavy atom. The van der Waals surface area contributed by atoms with Gasteiger partial charge in [0.1, 0.15) is 0 Å². The van der Waals surface area contributed by atoms with Gasteiger partial charge in [0.15, 0.2) is 0 Å². The first-order valence-electron chi connectivity index (χ1n) is 12.3. The third-order valence-electron chi connectivity index (χ3n) is 6.88. The van der Waals surface area contributed by atoms with Crippen LogP contribution in [0.1, 0.15) is 43.9 Å². The van der Waals surface area contributed by atoms with Gasteiger partial charge in [0.05, 0.1) is 21.7 Å². The Morgan fingerprint density at radius 3 is 2.53 bits per heavy atom. The van der Waals surface area contributed by atoms with Crippen LogP contribution >= 0.6 is 11.3 Å². The van der Waals surface area contributed by atoms with Gasteiger partial charge in [-0.25, -0.2) is 13.1 Å². The van der Waals surface area contributed by atoms with Gasteiger partial charge in [-0.15, -0.1) is 0 Å². The number of aromatic nitrogens is 1. The average Bonchev–Trinajstić information content (AvgIpc) is 3.18. The van der Waals surface area contributed by atoms with Crippen LogP contribution in [0.2, 0.25) is 0 Å². The molecule has 5 rings (SSSR count). The Hall–Kier alpha value is -2.94. The Balaban J connectivity index is 1.33. The molecule has 188 valence electrons. The smallest absolute Gasteiger partial charge is 0.308 e. The van der Waals surface area contributed by atoms with E-state index in [9.17, 15) is 13.2 Å². The van der Waals surface area contributed by atoms with Crippen molar-refractivity contribution in [2.75, 3.05) is 18.0 Å². The highest BCUT2D eigenvalue weighted by Crippen LogP contribution is 2.27. The molecule has 0 bridgehead atoms. The summed E-state index contributed by atoms with van der Waals surface area (Å²) in [4.78, 5) is 15.1. The molecular weight excluding hydrogens is 490 g/mol. The Morgan fingerprint density at radius 1 is 1.06 bits per heavy atom. The van der Waals surface area contributed by atoms with Crippen molar-refractivity contribution in [3.05, 3.63) is 93.6 Å². The minimum absolute atomic E-state index is 0.104. The van der Waals surface area contributed by atoms with Crippen molar-refractivity contribution in [1.29, 1.82) is 0 Å². The molecule has 0 saturated carbocycles. The molecule has 0 radical (unpaired) electrons. The third kappa shape index (κ3) is 5.26. The fourth-order valence-corrected chi connectivity index (χ4v) is 7.16. The van der Waals surface area contributed by atoms with Crippen molar-refractivity contribution in [2.45, 2.75) is 44.2 Å². The van der Waals surface area contributed by atoms with Gasteiger partial charge in [0.2, 0.25) is 10.0 Å². The Labute approximate surface area is 216 Å². The van der Waals surface area contributed by atoms with Gasteiger partial charge >= 0.3 is 4.87 Å². The zero-order valence-corrected chi connectivity index (χ0v) is 22.2. The SMILES string of the molecule is C[C@@H]1CCCN(c2ccc([C@@H](C)NS(=O)(=O)c3ccc4c(c3)sc(=O)n4Cc3ccccc3)cc2)C1. The highest BCUT2D eigenvalue weighted by atomic mass is 32.2. The number of nitrogens with zero attached hydrogens (tertiary/aromatic N) is 2. The Kier molecular flexibility index (Phi) is 7.01. The summed E-state index contributed by atoms with van der Waals surface area (Å²) in [7, 11) is -3.76. The van der Waals surface area contributed by atoms with Crippen LogP contribution in [0.25, 0.3) is 10.2 Å². The van der Waals surface area contributed by atoms with Crippen LogP contribution in [0.3, 0.4) is 0 Å². The molecule has 8 heteroatoms. The molecule has 1 aromatic heterocycles. The molecule has 1 N–H and O–H groups in total. The number of hydrogen-bond acceptors (Lipinski definition) is 5. The first kappa shape index (κ1) is 24.7. The maximum atomic E-state index is 13.2. The van der Waals surface area contributed by atoms with E-state index < -0.39 is 10.0 Å². The van der Waals surface area contributed by atoms with Crippen molar-refractivity contribution in [1.82, 2.24) is 9.29 Å². The predicted octanol–water partition coefficient (Wildman–Crippen LogP) is 5.39. The van der Waals surface area contributed by atoms with Crippen LogP contribution in [0.4, 0.5) is 5.69 Å². The van der Waals surface area contributed by atoms with E-state index in [0.29, 0.717) is 17.2 Å². The van der Waals surface area contributed by atoms with Crippen molar-refractivity contribution in [3.8, 4) is 0 Å². The van der Waals surface area contributed by atoms with Gasteiger partial charge in [-0.1, -0.05) is 60.7 Å². The largest absolute Gasteiger partial charge is 0.371 e. The number of thiazole rings is 1. The van der Waals surface area contributed by atoms with E-state index in [1.54, 1.807) is 22.8 Å². The summed E-state index contributed by atoms with van der Waals surface area (Å²) in [5.41, 5.74) is 3.85. The lowest BCUT2D eigenvalue weighted by Crippen LogP contribution is -2.34. The van der Waals surface area contributed by atoms with Gasteiger partial charge in [0.25, 0.3) is 0 Å². The third-order valence-corrected chi connectivity index (χ3v) is 9.36. The molecule has 0 unspecified atom stereocenters. The summed E-state index contributed by atoms with van der Waals surface area (Å²) in [6.07, 6.45) is 2.47. The molecule has 0 amide bonds. The molecule has 0 aliphatic carbocycles. The number of piperidine rings is 1. The molecule has 1 aliphatic rings. The maximum absolute atomic E-state index is 13.2. The number of benzene rings is 3. The zero-order chi connectivity index (χ0) is 25.3. The first-order chi connectivity index (χ1) is 17.3. The molecular formula is C28H31N3O3S2. The van der Waals surface area contributed by atoms with Gasteiger partial charge in [-0.2, -0.15) is 0 Å². The van der Waals surface area contributed by atoms with Crippen molar-refractivity contribution in [2.24, 2.45) is 5.92 Å². The van der Waals surface area contributed by atoms with Gasteiger partial charge < -0.3 is 4.90 Å².